The lowest BCUT2D eigenvalue weighted by molar-refractivity contribution is -0.0148. The minimum atomic E-state index is -0.0974. The van der Waals surface area contributed by atoms with Crippen molar-refractivity contribution in [1.82, 2.24) is 5.32 Å². The van der Waals surface area contributed by atoms with Crippen molar-refractivity contribution in [1.29, 1.82) is 0 Å². The molecule has 1 aromatic rings. The molecule has 0 aliphatic heterocycles. The van der Waals surface area contributed by atoms with Crippen LogP contribution >= 0.6 is 0 Å². The molecule has 1 atom stereocenters. The zero-order valence-corrected chi connectivity index (χ0v) is 14.3. The summed E-state index contributed by atoms with van der Waals surface area (Å²) >= 11 is 0. The van der Waals surface area contributed by atoms with Crippen LogP contribution in [0.4, 0.5) is 0 Å². The topological polar surface area (TPSA) is 21.3 Å². The highest BCUT2D eigenvalue weighted by Gasteiger charge is 2.18. The Morgan fingerprint density at radius 2 is 1.65 bits per heavy atom. The normalized spacial score (nSPS) is 13.6. The molecule has 0 heterocycles. The van der Waals surface area contributed by atoms with Crippen LogP contribution in [0.5, 0.6) is 0 Å². The molecule has 2 nitrogen and oxygen atoms in total. The number of hydrogen-bond acceptors (Lipinski definition) is 2. The summed E-state index contributed by atoms with van der Waals surface area (Å²) in [6.07, 6.45) is 1.13. The number of rotatable bonds is 6. The number of hydrogen-bond donors (Lipinski definition) is 1. The molecule has 0 saturated heterocycles. The average Bonchev–Trinajstić information content (AvgIpc) is 2.33. The van der Waals surface area contributed by atoms with Gasteiger partial charge in [0.1, 0.15) is 0 Å². The molecule has 0 spiro atoms. The van der Waals surface area contributed by atoms with E-state index in [1.807, 2.05) is 0 Å². The second kappa shape index (κ2) is 7.24. The minimum absolute atomic E-state index is 0.0974. The van der Waals surface area contributed by atoms with Crippen molar-refractivity contribution in [2.45, 2.75) is 66.5 Å². The molecule has 1 N–H and O–H groups in total. The van der Waals surface area contributed by atoms with Gasteiger partial charge in [-0.2, -0.15) is 0 Å². The number of benzene rings is 1. The van der Waals surface area contributed by atoms with Crippen molar-refractivity contribution in [2.24, 2.45) is 0 Å². The fourth-order valence-corrected chi connectivity index (χ4v) is 2.27. The van der Waals surface area contributed by atoms with E-state index >= 15 is 0 Å². The summed E-state index contributed by atoms with van der Waals surface area (Å²) in [6, 6.07) is 4.86. The van der Waals surface area contributed by atoms with Crippen molar-refractivity contribution in [2.75, 3.05) is 13.2 Å². The third-order valence-corrected chi connectivity index (χ3v) is 3.58. The van der Waals surface area contributed by atoms with Gasteiger partial charge in [0, 0.05) is 0 Å². The van der Waals surface area contributed by atoms with Gasteiger partial charge in [-0.25, -0.2) is 0 Å². The van der Waals surface area contributed by atoms with Crippen LogP contribution in [0.3, 0.4) is 0 Å². The maximum absolute atomic E-state index is 6.01. The van der Waals surface area contributed by atoms with Gasteiger partial charge >= 0.3 is 0 Å². The molecular weight excluding hydrogens is 246 g/mol. The second-order valence-electron chi connectivity index (χ2n) is 6.72. The monoisotopic (exact) mass is 277 g/mol. The Labute approximate surface area is 124 Å². The molecular formula is C18H31NO. The quantitative estimate of drug-likeness (QED) is 0.828. The molecule has 0 fully saturated rings. The Kier molecular flexibility index (Phi) is 6.22. The van der Waals surface area contributed by atoms with E-state index in [9.17, 15) is 0 Å². The Bertz CT molecular complexity index is 432. The molecule has 0 saturated carbocycles. The Balaban J connectivity index is 2.95. The van der Waals surface area contributed by atoms with Crippen molar-refractivity contribution >= 4 is 0 Å². The van der Waals surface area contributed by atoms with Gasteiger partial charge in [-0.05, 0) is 76.8 Å². The lowest BCUT2D eigenvalue weighted by Gasteiger charge is -2.27. The predicted octanol–water partition coefficient (Wildman–Crippen LogP) is 4.47. The van der Waals surface area contributed by atoms with Gasteiger partial charge < -0.3 is 10.1 Å². The van der Waals surface area contributed by atoms with E-state index in [0.717, 1.165) is 13.0 Å². The molecule has 2 heteroatoms. The van der Waals surface area contributed by atoms with Crippen LogP contribution in [0.2, 0.25) is 0 Å². The molecule has 20 heavy (non-hydrogen) atoms. The van der Waals surface area contributed by atoms with Crippen LogP contribution in [0.1, 0.15) is 62.4 Å². The number of aryl methyl sites for hydroxylation is 3. The minimum Gasteiger partial charge on any atom is -0.374 e. The highest BCUT2D eigenvalue weighted by atomic mass is 16.5. The van der Waals surface area contributed by atoms with Gasteiger partial charge in [0.05, 0.1) is 18.2 Å². The first-order valence-corrected chi connectivity index (χ1v) is 7.69. The van der Waals surface area contributed by atoms with E-state index in [1.54, 1.807) is 0 Å². The van der Waals surface area contributed by atoms with Crippen molar-refractivity contribution in [3.63, 3.8) is 0 Å². The summed E-state index contributed by atoms with van der Waals surface area (Å²) < 4.78 is 6.01. The summed E-state index contributed by atoms with van der Waals surface area (Å²) in [5.41, 5.74) is 5.33. The highest BCUT2D eigenvalue weighted by Crippen LogP contribution is 2.23. The van der Waals surface area contributed by atoms with E-state index < -0.39 is 0 Å². The van der Waals surface area contributed by atoms with E-state index in [2.05, 4.69) is 65.9 Å². The maximum atomic E-state index is 6.01. The summed E-state index contributed by atoms with van der Waals surface area (Å²) in [5, 5.41) is 3.62. The first kappa shape index (κ1) is 17.2. The third kappa shape index (κ3) is 5.26. The Hall–Kier alpha value is -0.860. The van der Waals surface area contributed by atoms with E-state index in [0.29, 0.717) is 6.61 Å². The van der Waals surface area contributed by atoms with Crippen molar-refractivity contribution in [3.8, 4) is 0 Å². The Morgan fingerprint density at radius 1 is 1.05 bits per heavy atom. The average molecular weight is 277 g/mol. The number of nitrogens with one attached hydrogen (secondary N) is 1. The van der Waals surface area contributed by atoms with E-state index in [-0.39, 0.29) is 11.6 Å². The first-order chi connectivity index (χ1) is 9.24. The van der Waals surface area contributed by atoms with Gasteiger partial charge in [0.15, 0.2) is 0 Å². The van der Waals surface area contributed by atoms with Gasteiger partial charge in [-0.3, -0.25) is 0 Å². The van der Waals surface area contributed by atoms with Gasteiger partial charge in [0.2, 0.25) is 0 Å². The molecule has 0 aliphatic carbocycles. The van der Waals surface area contributed by atoms with Crippen LogP contribution in [-0.2, 0) is 4.74 Å². The standard InChI is InChI=1S/C18H31NO/c1-8-9-19-17(12-20-18(5,6)7)16-11-14(3)13(2)10-15(16)4/h10-11,17,19H,8-9,12H2,1-7H3. The summed E-state index contributed by atoms with van der Waals surface area (Å²) in [5.74, 6) is 0. The Morgan fingerprint density at radius 3 is 2.20 bits per heavy atom. The summed E-state index contributed by atoms with van der Waals surface area (Å²) in [7, 11) is 0. The summed E-state index contributed by atoms with van der Waals surface area (Å²) in [4.78, 5) is 0. The fourth-order valence-electron chi connectivity index (χ4n) is 2.27. The summed E-state index contributed by atoms with van der Waals surface area (Å²) in [6.45, 7) is 16.8. The van der Waals surface area contributed by atoms with Crippen LogP contribution in [0, 0.1) is 20.8 Å². The van der Waals surface area contributed by atoms with Gasteiger partial charge in [-0.15, -0.1) is 0 Å². The zero-order chi connectivity index (χ0) is 15.3. The van der Waals surface area contributed by atoms with Crippen molar-refractivity contribution in [3.05, 3.63) is 34.4 Å². The van der Waals surface area contributed by atoms with Crippen LogP contribution in [0.25, 0.3) is 0 Å². The maximum Gasteiger partial charge on any atom is 0.0668 e. The van der Waals surface area contributed by atoms with Gasteiger partial charge in [0.25, 0.3) is 0 Å². The molecule has 0 amide bonds. The molecule has 114 valence electrons. The van der Waals surface area contributed by atoms with E-state index in [4.69, 9.17) is 4.74 Å². The largest absolute Gasteiger partial charge is 0.374 e. The van der Waals surface area contributed by atoms with Crippen LogP contribution < -0.4 is 5.32 Å². The first-order valence-electron chi connectivity index (χ1n) is 7.69. The zero-order valence-electron chi connectivity index (χ0n) is 14.3. The molecule has 0 aliphatic rings. The predicted molar refractivity (Wildman–Crippen MR) is 87.4 cm³/mol. The molecule has 1 unspecified atom stereocenters. The van der Waals surface area contributed by atoms with Crippen LogP contribution in [-0.4, -0.2) is 18.8 Å². The molecule has 0 radical (unpaired) electrons. The second-order valence-corrected chi connectivity index (χ2v) is 6.72. The van der Waals surface area contributed by atoms with Gasteiger partial charge in [-0.1, -0.05) is 19.1 Å². The smallest absolute Gasteiger partial charge is 0.0668 e. The fraction of sp³-hybridized carbons (Fsp3) is 0.667. The highest BCUT2D eigenvalue weighted by molar-refractivity contribution is 5.38. The van der Waals surface area contributed by atoms with E-state index in [1.165, 1.54) is 22.3 Å². The van der Waals surface area contributed by atoms with Crippen molar-refractivity contribution < 1.29 is 4.74 Å². The lowest BCUT2D eigenvalue weighted by Crippen LogP contribution is -2.31. The molecule has 1 rings (SSSR count). The SMILES string of the molecule is CCCNC(COC(C)(C)C)c1cc(C)c(C)cc1C. The third-order valence-electron chi connectivity index (χ3n) is 3.58. The molecule has 1 aromatic carbocycles. The lowest BCUT2D eigenvalue weighted by atomic mass is 9.96. The molecule has 0 bridgehead atoms. The number of ether oxygens (including phenoxy) is 1. The molecule has 0 aromatic heterocycles. The van der Waals surface area contributed by atoms with Crippen LogP contribution in [0.15, 0.2) is 12.1 Å².